The molecule has 12 heavy (non-hydrogen) atoms. The number of methoxy groups -OCH3 is 1. The summed E-state index contributed by atoms with van der Waals surface area (Å²) < 4.78 is 5.29. The average Bonchev–Trinajstić information content (AvgIpc) is 2.63. The first-order chi connectivity index (χ1) is 5.72. The van der Waals surface area contributed by atoms with Gasteiger partial charge < -0.3 is 10.5 Å². The second kappa shape index (κ2) is 2.98. The molecule has 3 heteroatoms. The van der Waals surface area contributed by atoms with Crippen molar-refractivity contribution in [1.82, 2.24) is 4.90 Å². The van der Waals surface area contributed by atoms with Gasteiger partial charge >= 0.3 is 0 Å². The Hall–Kier alpha value is -0.120. The minimum atomic E-state index is 0.169. The summed E-state index contributed by atoms with van der Waals surface area (Å²) in [5.41, 5.74) is 6.20. The molecule has 1 unspecified atom stereocenters. The highest BCUT2D eigenvalue weighted by Gasteiger charge is 2.40. The van der Waals surface area contributed by atoms with Crippen molar-refractivity contribution in [1.29, 1.82) is 0 Å². The van der Waals surface area contributed by atoms with Crippen LogP contribution in [0.2, 0.25) is 0 Å². The molecular formula is C9H18N2O. The molecule has 0 spiro atoms. The highest BCUT2D eigenvalue weighted by atomic mass is 16.5. The van der Waals surface area contributed by atoms with Crippen molar-refractivity contribution in [3.8, 4) is 0 Å². The minimum absolute atomic E-state index is 0.169. The van der Waals surface area contributed by atoms with Crippen LogP contribution in [0.5, 0.6) is 0 Å². The van der Waals surface area contributed by atoms with Gasteiger partial charge in [-0.05, 0) is 19.3 Å². The van der Waals surface area contributed by atoms with Gasteiger partial charge in [0.25, 0.3) is 0 Å². The molecule has 3 nitrogen and oxygen atoms in total. The van der Waals surface area contributed by atoms with E-state index in [0.717, 1.165) is 19.6 Å². The van der Waals surface area contributed by atoms with Crippen LogP contribution < -0.4 is 5.73 Å². The zero-order chi connectivity index (χ0) is 8.60. The van der Waals surface area contributed by atoms with Gasteiger partial charge in [-0.2, -0.15) is 0 Å². The molecule has 1 saturated carbocycles. The normalized spacial score (nSPS) is 34.0. The van der Waals surface area contributed by atoms with Crippen LogP contribution >= 0.6 is 0 Å². The molecule has 1 aliphatic heterocycles. The number of likely N-dealkylation sites (tertiary alicyclic amines) is 1. The zero-order valence-electron chi connectivity index (χ0n) is 7.75. The van der Waals surface area contributed by atoms with Crippen LogP contribution in [-0.4, -0.2) is 43.3 Å². The van der Waals surface area contributed by atoms with Crippen molar-refractivity contribution < 1.29 is 4.74 Å². The molecule has 0 bridgehead atoms. The van der Waals surface area contributed by atoms with E-state index >= 15 is 0 Å². The molecule has 0 aromatic heterocycles. The molecule has 0 amide bonds. The zero-order valence-corrected chi connectivity index (χ0v) is 7.75. The van der Waals surface area contributed by atoms with Gasteiger partial charge in [0.1, 0.15) is 0 Å². The molecule has 70 valence electrons. The van der Waals surface area contributed by atoms with Gasteiger partial charge in [0.15, 0.2) is 0 Å². The quantitative estimate of drug-likeness (QED) is 0.657. The van der Waals surface area contributed by atoms with Crippen molar-refractivity contribution in [3.05, 3.63) is 0 Å². The van der Waals surface area contributed by atoms with Gasteiger partial charge in [0, 0.05) is 32.3 Å². The van der Waals surface area contributed by atoms with Crippen molar-refractivity contribution in [3.63, 3.8) is 0 Å². The molecule has 1 aliphatic carbocycles. The summed E-state index contributed by atoms with van der Waals surface area (Å²) in [4.78, 5) is 2.43. The van der Waals surface area contributed by atoms with E-state index in [-0.39, 0.29) is 5.54 Å². The van der Waals surface area contributed by atoms with Gasteiger partial charge in [-0.3, -0.25) is 4.90 Å². The predicted octanol–water partition coefficient (Wildman–Crippen LogP) is 0.198. The third kappa shape index (κ3) is 1.79. The lowest BCUT2D eigenvalue weighted by Crippen LogP contribution is -2.38. The van der Waals surface area contributed by atoms with Crippen molar-refractivity contribution in [2.24, 2.45) is 5.73 Å². The summed E-state index contributed by atoms with van der Waals surface area (Å²) in [6.45, 7) is 3.32. The second-order valence-corrected chi connectivity index (χ2v) is 4.24. The maximum atomic E-state index is 6.03. The predicted molar refractivity (Wildman–Crippen MR) is 48.0 cm³/mol. The standard InChI is InChI=1S/C9H18N2O/c1-12-8-2-5-11(6-8)7-9(10)3-4-9/h8H,2-7,10H2,1H3. The maximum absolute atomic E-state index is 6.03. The summed E-state index contributed by atoms with van der Waals surface area (Å²) in [6.07, 6.45) is 4.04. The number of hydrogen-bond donors (Lipinski definition) is 1. The van der Waals surface area contributed by atoms with E-state index in [0.29, 0.717) is 6.10 Å². The molecule has 2 rings (SSSR count). The summed E-state index contributed by atoms with van der Waals surface area (Å²) in [5, 5.41) is 0. The van der Waals surface area contributed by atoms with E-state index in [1.807, 2.05) is 0 Å². The molecule has 0 radical (unpaired) electrons. The van der Waals surface area contributed by atoms with E-state index in [4.69, 9.17) is 10.5 Å². The molecule has 2 aliphatic rings. The van der Waals surface area contributed by atoms with Gasteiger partial charge in [0.2, 0.25) is 0 Å². The van der Waals surface area contributed by atoms with Crippen LogP contribution in [0, 0.1) is 0 Å². The topological polar surface area (TPSA) is 38.5 Å². The van der Waals surface area contributed by atoms with Gasteiger partial charge in [-0.15, -0.1) is 0 Å². The van der Waals surface area contributed by atoms with E-state index in [1.54, 1.807) is 7.11 Å². The minimum Gasteiger partial charge on any atom is -0.380 e. The number of nitrogens with two attached hydrogens (primary N) is 1. The molecule has 1 saturated heterocycles. The van der Waals surface area contributed by atoms with Crippen LogP contribution in [0.25, 0.3) is 0 Å². The summed E-state index contributed by atoms with van der Waals surface area (Å²) in [5.74, 6) is 0. The van der Waals surface area contributed by atoms with Crippen molar-refractivity contribution in [2.45, 2.75) is 30.9 Å². The molecular weight excluding hydrogens is 152 g/mol. The first-order valence-electron chi connectivity index (χ1n) is 4.76. The summed E-state index contributed by atoms with van der Waals surface area (Å²) in [6, 6.07) is 0. The number of nitrogens with zero attached hydrogens (tertiary/aromatic N) is 1. The van der Waals surface area contributed by atoms with Crippen LogP contribution in [0.1, 0.15) is 19.3 Å². The summed E-state index contributed by atoms with van der Waals surface area (Å²) in [7, 11) is 1.80. The van der Waals surface area contributed by atoms with Gasteiger partial charge in [0.05, 0.1) is 6.10 Å². The Kier molecular flexibility index (Phi) is 2.10. The monoisotopic (exact) mass is 170 g/mol. The molecule has 2 fully saturated rings. The SMILES string of the molecule is COC1CCN(CC2(N)CC2)C1. The van der Waals surface area contributed by atoms with E-state index in [9.17, 15) is 0 Å². The highest BCUT2D eigenvalue weighted by molar-refractivity contribution is 5.01. The maximum Gasteiger partial charge on any atom is 0.0710 e. The molecule has 1 heterocycles. The fourth-order valence-corrected chi connectivity index (χ4v) is 1.90. The Labute approximate surface area is 73.9 Å². The molecule has 0 aromatic rings. The van der Waals surface area contributed by atoms with Crippen LogP contribution in [0.3, 0.4) is 0 Å². The average molecular weight is 170 g/mol. The van der Waals surface area contributed by atoms with Crippen LogP contribution in [-0.2, 0) is 4.74 Å². The Balaban J connectivity index is 1.76. The molecule has 0 aromatic carbocycles. The first-order valence-corrected chi connectivity index (χ1v) is 4.76. The Bertz CT molecular complexity index is 168. The number of rotatable bonds is 3. The van der Waals surface area contributed by atoms with E-state index in [1.165, 1.54) is 19.3 Å². The Morgan fingerprint density at radius 3 is 2.83 bits per heavy atom. The van der Waals surface area contributed by atoms with E-state index < -0.39 is 0 Å². The first kappa shape index (κ1) is 8.48. The highest BCUT2D eigenvalue weighted by Crippen LogP contribution is 2.33. The van der Waals surface area contributed by atoms with Gasteiger partial charge in [-0.1, -0.05) is 0 Å². The summed E-state index contributed by atoms with van der Waals surface area (Å²) >= 11 is 0. The van der Waals surface area contributed by atoms with Crippen molar-refractivity contribution >= 4 is 0 Å². The van der Waals surface area contributed by atoms with Crippen LogP contribution in [0.4, 0.5) is 0 Å². The second-order valence-electron chi connectivity index (χ2n) is 4.24. The van der Waals surface area contributed by atoms with E-state index in [2.05, 4.69) is 4.90 Å². The number of hydrogen-bond acceptors (Lipinski definition) is 3. The Morgan fingerprint density at radius 2 is 2.33 bits per heavy atom. The fraction of sp³-hybridized carbons (Fsp3) is 1.00. The largest absolute Gasteiger partial charge is 0.380 e. The smallest absolute Gasteiger partial charge is 0.0710 e. The lowest BCUT2D eigenvalue weighted by molar-refractivity contribution is 0.107. The lowest BCUT2D eigenvalue weighted by atomic mass is 10.3. The molecule has 2 N–H and O–H groups in total. The third-order valence-electron chi connectivity index (χ3n) is 2.99. The molecule has 1 atom stereocenters. The van der Waals surface area contributed by atoms with Crippen LogP contribution in [0.15, 0.2) is 0 Å². The lowest BCUT2D eigenvalue weighted by Gasteiger charge is -2.19. The fourth-order valence-electron chi connectivity index (χ4n) is 1.90. The third-order valence-corrected chi connectivity index (χ3v) is 2.99. The number of ether oxygens (including phenoxy) is 1. The van der Waals surface area contributed by atoms with Crippen molar-refractivity contribution in [2.75, 3.05) is 26.7 Å². The van der Waals surface area contributed by atoms with Gasteiger partial charge in [-0.25, -0.2) is 0 Å². The Morgan fingerprint density at radius 1 is 1.58 bits per heavy atom.